The maximum Gasteiger partial charge on any atom is 0.234 e. The number of hydrogen-bond donors (Lipinski definition) is 2. The second-order valence-electron chi connectivity index (χ2n) is 4.98. The van der Waals surface area contributed by atoms with Crippen LogP contribution in [0.4, 0.5) is 0 Å². The van der Waals surface area contributed by atoms with E-state index in [1.54, 1.807) is 11.8 Å². The van der Waals surface area contributed by atoms with Crippen LogP contribution in [-0.2, 0) is 4.79 Å². The Morgan fingerprint density at radius 1 is 1.09 bits per heavy atom. The van der Waals surface area contributed by atoms with E-state index in [2.05, 4.69) is 5.32 Å². The van der Waals surface area contributed by atoms with E-state index in [4.69, 9.17) is 0 Å². The van der Waals surface area contributed by atoms with Crippen molar-refractivity contribution >= 4 is 17.7 Å². The SMILES string of the molecule is CCC(Sc1ccccc1)C(=O)N[C@H](CO)c1ccccc1. The topological polar surface area (TPSA) is 49.3 Å². The van der Waals surface area contributed by atoms with Gasteiger partial charge in [-0.3, -0.25) is 4.79 Å². The lowest BCUT2D eigenvalue weighted by molar-refractivity contribution is -0.121. The van der Waals surface area contributed by atoms with Gasteiger partial charge in [-0.25, -0.2) is 0 Å². The summed E-state index contributed by atoms with van der Waals surface area (Å²) in [6, 6.07) is 19.1. The molecule has 0 fully saturated rings. The molecule has 0 aliphatic rings. The highest BCUT2D eigenvalue weighted by Gasteiger charge is 2.21. The van der Waals surface area contributed by atoms with Gasteiger partial charge in [0.2, 0.25) is 5.91 Å². The molecule has 0 spiro atoms. The normalized spacial score (nSPS) is 13.4. The molecule has 0 radical (unpaired) electrons. The van der Waals surface area contributed by atoms with E-state index in [1.807, 2.05) is 67.6 Å². The molecule has 116 valence electrons. The van der Waals surface area contributed by atoms with Crippen LogP contribution in [0, 0.1) is 0 Å². The van der Waals surface area contributed by atoms with Crippen molar-refractivity contribution in [3.8, 4) is 0 Å². The summed E-state index contributed by atoms with van der Waals surface area (Å²) in [6.07, 6.45) is 0.734. The third-order valence-electron chi connectivity index (χ3n) is 3.39. The van der Waals surface area contributed by atoms with E-state index in [1.165, 1.54) is 0 Å². The smallest absolute Gasteiger partial charge is 0.234 e. The van der Waals surface area contributed by atoms with Crippen molar-refractivity contribution in [2.75, 3.05) is 6.61 Å². The summed E-state index contributed by atoms with van der Waals surface area (Å²) in [5.74, 6) is -0.0424. The van der Waals surface area contributed by atoms with E-state index in [0.29, 0.717) is 0 Å². The van der Waals surface area contributed by atoms with Gasteiger partial charge in [-0.15, -0.1) is 11.8 Å². The van der Waals surface area contributed by atoms with E-state index >= 15 is 0 Å². The quantitative estimate of drug-likeness (QED) is 0.770. The van der Waals surface area contributed by atoms with Crippen molar-refractivity contribution in [3.63, 3.8) is 0 Å². The molecule has 0 aliphatic heterocycles. The highest BCUT2D eigenvalue weighted by Crippen LogP contribution is 2.26. The monoisotopic (exact) mass is 315 g/mol. The summed E-state index contributed by atoms with van der Waals surface area (Å²) in [5.41, 5.74) is 0.915. The first-order chi connectivity index (χ1) is 10.7. The Morgan fingerprint density at radius 2 is 1.68 bits per heavy atom. The number of amides is 1. The second-order valence-corrected chi connectivity index (χ2v) is 6.26. The molecule has 0 bridgehead atoms. The van der Waals surface area contributed by atoms with E-state index in [-0.39, 0.29) is 23.8 Å². The fraction of sp³-hybridized carbons (Fsp3) is 0.278. The van der Waals surface area contributed by atoms with Crippen LogP contribution in [0.5, 0.6) is 0 Å². The number of carbonyl (C=O) groups is 1. The number of rotatable bonds is 7. The van der Waals surface area contributed by atoms with Crippen molar-refractivity contribution in [1.82, 2.24) is 5.32 Å². The third kappa shape index (κ3) is 4.61. The van der Waals surface area contributed by atoms with Gasteiger partial charge in [-0.05, 0) is 24.1 Å². The van der Waals surface area contributed by atoms with Crippen LogP contribution in [0.3, 0.4) is 0 Å². The van der Waals surface area contributed by atoms with Gasteiger partial charge in [-0.2, -0.15) is 0 Å². The number of nitrogens with one attached hydrogen (secondary N) is 1. The average molecular weight is 315 g/mol. The first-order valence-electron chi connectivity index (χ1n) is 7.42. The Kier molecular flexibility index (Phi) is 6.49. The predicted octanol–water partition coefficient (Wildman–Crippen LogP) is 3.41. The molecule has 1 unspecified atom stereocenters. The highest BCUT2D eigenvalue weighted by atomic mass is 32.2. The van der Waals surface area contributed by atoms with Crippen LogP contribution < -0.4 is 5.32 Å². The fourth-order valence-corrected chi connectivity index (χ4v) is 3.15. The summed E-state index contributed by atoms with van der Waals surface area (Å²) in [6.45, 7) is 1.89. The standard InChI is InChI=1S/C18H21NO2S/c1-2-17(22-15-11-7-4-8-12-15)18(21)19-16(13-20)14-9-5-3-6-10-14/h3-12,16-17,20H,2,13H2,1H3,(H,19,21)/t16-,17?/m1/s1. The number of aliphatic hydroxyl groups excluding tert-OH is 1. The van der Waals surface area contributed by atoms with Crippen LogP contribution in [-0.4, -0.2) is 22.9 Å². The number of aliphatic hydroxyl groups is 1. The van der Waals surface area contributed by atoms with Crippen molar-refractivity contribution < 1.29 is 9.90 Å². The Bertz CT molecular complexity index is 574. The molecule has 0 aliphatic carbocycles. The molecule has 2 atom stereocenters. The summed E-state index contributed by atoms with van der Waals surface area (Å²) in [7, 11) is 0. The summed E-state index contributed by atoms with van der Waals surface area (Å²) >= 11 is 1.55. The van der Waals surface area contributed by atoms with Gasteiger partial charge in [0.25, 0.3) is 0 Å². The minimum atomic E-state index is -0.362. The van der Waals surface area contributed by atoms with Crippen LogP contribution in [0.2, 0.25) is 0 Å². The summed E-state index contributed by atoms with van der Waals surface area (Å²) in [4.78, 5) is 13.6. The van der Waals surface area contributed by atoms with Gasteiger partial charge in [0.15, 0.2) is 0 Å². The van der Waals surface area contributed by atoms with Crippen molar-refractivity contribution in [2.45, 2.75) is 29.5 Å². The lowest BCUT2D eigenvalue weighted by Crippen LogP contribution is -2.36. The van der Waals surface area contributed by atoms with Crippen LogP contribution in [0.15, 0.2) is 65.6 Å². The third-order valence-corrected chi connectivity index (χ3v) is 4.76. The highest BCUT2D eigenvalue weighted by molar-refractivity contribution is 8.00. The number of hydrogen-bond acceptors (Lipinski definition) is 3. The molecule has 0 saturated heterocycles. The zero-order valence-corrected chi connectivity index (χ0v) is 13.4. The van der Waals surface area contributed by atoms with Gasteiger partial charge >= 0.3 is 0 Å². The molecule has 3 nitrogen and oxygen atoms in total. The molecule has 2 rings (SSSR count). The van der Waals surface area contributed by atoms with Crippen LogP contribution in [0.25, 0.3) is 0 Å². The second kappa shape index (κ2) is 8.61. The zero-order valence-electron chi connectivity index (χ0n) is 12.6. The number of benzene rings is 2. The maximum absolute atomic E-state index is 12.5. The number of carbonyl (C=O) groups excluding carboxylic acids is 1. The predicted molar refractivity (Wildman–Crippen MR) is 90.8 cm³/mol. The molecule has 1 amide bonds. The fourth-order valence-electron chi connectivity index (χ4n) is 2.17. The van der Waals surface area contributed by atoms with Gasteiger partial charge in [0, 0.05) is 4.90 Å². The first-order valence-corrected chi connectivity index (χ1v) is 8.30. The van der Waals surface area contributed by atoms with Crippen LogP contribution >= 0.6 is 11.8 Å². The van der Waals surface area contributed by atoms with Crippen molar-refractivity contribution in [1.29, 1.82) is 0 Å². The summed E-state index contributed by atoms with van der Waals surface area (Å²) in [5, 5.41) is 12.3. The Morgan fingerprint density at radius 3 is 2.23 bits per heavy atom. The molecular weight excluding hydrogens is 294 g/mol. The molecule has 0 saturated carbocycles. The van der Waals surface area contributed by atoms with Gasteiger partial charge < -0.3 is 10.4 Å². The van der Waals surface area contributed by atoms with Crippen molar-refractivity contribution in [3.05, 3.63) is 66.2 Å². The average Bonchev–Trinajstić information content (AvgIpc) is 2.59. The Hall–Kier alpha value is -1.78. The van der Waals surface area contributed by atoms with E-state index in [9.17, 15) is 9.90 Å². The molecule has 2 aromatic carbocycles. The molecule has 4 heteroatoms. The molecular formula is C18H21NO2S. The van der Waals surface area contributed by atoms with Gasteiger partial charge in [-0.1, -0.05) is 55.5 Å². The first kappa shape index (κ1) is 16.6. The van der Waals surface area contributed by atoms with E-state index in [0.717, 1.165) is 16.9 Å². The zero-order chi connectivity index (χ0) is 15.8. The summed E-state index contributed by atoms with van der Waals surface area (Å²) < 4.78 is 0. The van der Waals surface area contributed by atoms with Gasteiger partial charge in [0.05, 0.1) is 17.9 Å². The van der Waals surface area contributed by atoms with Crippen LogP contribution in [0.1, 0.15) is 24.9 Å². The largest absolute Gasteiger partial charge is 0.394 e. The lowest BCUT2D eigenvalue weighted by atomic mass is 10.1. The van der Waals surface area contributed by atoms with Crippen molar-refractivity contribution in [2.24, 2.45) is 0 Å². The minimum absolute atomic E-state index is 0.0424. The number of thioether (sulfide) groups is 1. The molecule has 0 aromatic heterocycles. The molecule has 22 heavy (non-hydrogen) atoms. The lowest BCUT2D eigenvalue weighted by Gasteiger charge is -2.21. The Labute approximate surface area is 135 Å². The molecule has 2 N–H and O–H groups in total. The Balaban J connectivity index is 2.02. The molecule has 2 aromatic rings. The molecule has 0 heterocycles. The van der Waals surface area contributed by atoms with Gasteiger partial charge in [0.1, 0.15) is 0 Å². The van der Waals surface area contributed by atoms with E-state index < -0.39 is 0 Å². The maximum atomic E-state index is 12.5. The minimum Gasteiger partial charge on any atom is -0.394 e.